The summed E-state index contributed by atoms with van der Waals surface area (Å²) >= 11 is 1.78. The predicted octanol–water partition coefficient (Wildman–Crippen LogP) is 4.44. The van der Waals surface area contributed by atoms with E-state index in [2.05, 4.69) is 18.2 Å². The molecule has 1 aromatic heterocycles. The molecule has 0 N–H and O–H groups in total. The van der Waals surface area contributed by atoms with Gasteiger partial charge in [0.1, 0.15) is 0 Å². The number of hydrogen-bond acceptors (Lipinski definition) is 5. The van der Waals surface area contributed by atoms with Crippen LogP contribution in [0.3, 0.4) is 0 Å². The molecule has 0 saturated carbocycles. The number of piperidine rings is 1. The molecule has 1 fully saturated rings. The number of ether oxygens (including phenoxy) is 2. The molecule has 0 atom stereocenters. The molecular formula is C22H20N2O3S. The van der Waals surface area contributed by atoms with Crippen molar-refractivity contribution < 1.29 is 14.3 Å². The summed E-state index contributed by atoms with van der Waals surface area (Å²) in [4.78, 5) is 19.3. The highest BCUT2D eigenvalue weighted by Gasteiger charge is 2.25. The van der Waals surface area contributed by atoms with Gasteiger partial charge in [0.25, 0.3) is 0 Å². The van der Waals surface area contributed by atoms with Gasteiger partial charge in [-0.3, -0.25) is 4.79 Å². The Morgan fingerprint density at radius 1 is 1.11 bits per heavy atom. The molecule has 0 radical (unpaired) electrons. The monoisotopic (exact) mass is 392 g/mol. The lowest BCUT2D eigenvalue weighted by Crippen LogP contribution is -2.36. The summed E-state index contributed by atoms with van der Waals surface area (Å²) in [7, 11) is 0. The van der Waals surface area contributed by atoms with Gasteiger partial charge < -0.3 is 14.4 Å². The van der Waals surface area contributed by atoms with E-state index in [-0.39, 0.29) is 12.7 Å². The lowest BCUT2D eigenvalue weighted by Gasteiger charge is -2.30. The number of hydrogen-bond donors (Lipinski definition) is 0. The number of benzene rings is 2. The molecule has 1 amide bonds. The van der Waals surface area contributed by atoms with E-state index in [0.717, 1.165) is 48.5 Å². The van der Waals surface area contributed by atoms with E-state index < -0.39 is 0 Å². The molecule has 28 heavy (non-hydrogen) atoms. The normalized spacial score (nSPS) is 16.9. The molecule has 3 aromatic rings. The quantitative estimate of drug-likeness (QED) is 0.618. The molecule has 0 bridgehead atoms. The fourth-order valence-electron chi connectivity index (χ4n) is 3.70. The van der Waals surface area contributed by atoms with Crippen molar-refractivity contribution in [2.45, 2.75) is 18.8 Å². The number of carbonyl (C=O) groups is 1. The molecule has 2 aliphatic rings. The molecule has 2 aliphatic heterocycles. The SMILES string of the molecule is O=C(C=Cc1ccc2c(c1)OCO2)N1CCC(c2nc3ccccc3s2)CC1. The molecule has 5 rings (SSSR count). The zero-order chi connectivity index (χ0) is 18.9. The van der Waals surface area contributed by atoms with Crippen molar-refractivity contribution in [2.75, 3.05) is 19.9 Å². The number of carbonyl (C=O) groups excluding carboxylic acids is 1. The molecule has 3 heterocycles. The zero-order valence-corrected chi connectivity index (χ0v) is 16.2. The first kappa shape index (κ1) is 17.3. The van der Waals surface area contributed by atoms with Crippen LogP contribution in [-0.2, 0) is 4.79 Å². The van der Waals surface area contributed by atoms with Crippen LogP contribution < -0.4 is 9.47 Å². The van der Waals surface area contributed by atoms with Crippen LogP contribution in [0, 0.1) is 0 Å². The first-order chi connectivity index (χ1) is 13.8. The third-order valence-corrected chi connectivity index (χ3v) is 6.48. The second-order valence-corrected chi connectivity index (χ2v) is 8.13. The van der Waals surface area contributed by atoms with Crippen LogP contribution in [0.2, 0.25) is 0 Å². The smallest absolute Gasteiger partial charge is 0.246 e. The average Bonchev–Trinajstić information content (AvgIpc) is 3.38. The Balaban J connectivity index is 1.21. The van der Waals surface area contributed by atoms with Gasteiger partial charge in [-0.1, -0.05) is 18.2 Å². The van der Waals surface area contributed by atoms with Gasteiger partial charge in [-0.15, -0.1) is 11.3 Å². The Labute approximate surface area is 167 Å². The first-order valence-electron chi connectivity index (χ1n) is 9.48. The van der Waals surface area contributed by atoms with Crippen molar-refractivity contribution >= 4 is 33.5 Å². The van der Waals surface area contributed by atoms with Gasteiger partial charge in [0.2, 0.25) is 12.7 Å². The Morgan fingerprint density at radius 2 is 1.93 bits per heavy atom. The van der Waals surface area contributed by atoms with Gasteiger partial charge in [0, 0.05) is 25.1 Å². The standard InChI is InChI=1S/C22H20N2O3S/c25-21(8-6-15-5-7-18-19(13-15)27-14-26-18)24-11-9-16(10-12-24)22-23-17-3-1-2-4-20(17)28-22/h1-8,13,16H,9-12,14H2. The van der Waals surface area contributed by atoms with Crippen molar-refractivity contribution in [3.63, 3.8) is 0 Å². The van der Waals surface area contributed by atoms with Crippen LogP contribution in [0.4, 0.5) is 0 Å². The predicted molar refractivity (Wildman–Crippen MR) is 110 cm³/mol. The van der Waals surface area contributed by atoms with Crippen LogP contribution in [0.25, 0.3) is 16.3 Å². The molecule has 6 heteroatoms. The number of likely N-dealkylation sites (tertiary alicyclic amines) is 1. The molecule has 5 nitrogen and oxygen atoms in total. The summed E-state index contributed by atoms with van der Waals surface area (Å²) in [5.41, 5.74) is 2.01. The third kappa shape index (κ3) is 3.36. The van der Waals surface area contributed by atoms with E-state index in [1.54, 1.807) is 17.4 Å². The third-order valence-electron chi connectivity index (χ3n) is 5.28. The van der Waals surface area contributed by atoms with Crippen molar-refractivity contribution in [3.8, 4) is 11.5 Å². The van der Waals surface area contributed by atoms with Crippen LogP contribution in [0.15, 0.2) is 48.5 Å². The van der Waals surface area contributed by atoms with Crippen LogP contribution in [0.5, 0.6) is 11.5 Å². The molecule has 0 unspecified atom stereocenters. The number of nitrogens with zero attached hydrogens (tertiary/aromatic N) is 2. The number of para-hydroxylation sites is 1. The molecule has 0 aliphatic carbocycles. The fourth-order valence-corrected chi connectivity index (χ4v) is 4.84. The van der Waals surface area contributed by atoms with Crippen molar-refractivity contribution in [3.05, 3.63) is 59.1 Å². The van der Waals surface area contributed by atoms with E-state index in [1.165, 1.54) is 9.71 Å². The summed E-state index contributed by atoms with van der Waals surface area (Å²) in [6, 6.07) is 14.0. The lowest BCUT2D eigenvalue weighted by molar-refractivity contribution is -0.126. The van der Waals surface area contributed by atoms with Gasteiger partial charge in [-0.05, 0) is 48.7 Å². The highest BCUT2D eigenvalue weighted by atomic mass is 32.1. The van der Waals surface area contributed by atoms with Gasteiger partial charge in [0.15, 0.2) is 11.5 Å². The van der Waals surface area contributed by atoms with E-state index in [1.807, 2.05) is 35.2 Å². The van der Waals surface area contributed by atoms with Crippen molar-refractivity contribution in [2.24, 2.45) is 0 Å². The number of thiazole rings is 1. The van der Waals surface area contributed by atoms with Gasteiger partial charge >= 0.3 is 0 Å². The van der Waals surface area contributed by atoms with Gasteiger partial charge in [0.05, 0.1) is 15.2 Å². The van der Waals surface area contributed by atoms with Crippen molar-refractivity contribution in [1.29, 1.82) is 0 Å². The van der Waals surface area contributed by atoms with Gasteiger partial charge in [-0.2, -0.15) is 0 Å². The van der Waals surface area contributed by atoms with E-state index >= 15 is 0 Å². The summed E-state index contributed by atoms with van der Waals surface area (Å²) < 4.78 is 11.9. The summed E-state index contributed by atoms with van der Waals surface area (Å²) in [6.07, 6.45) is 5.41. The Morgan fingerprint density at radius 3 is 2.79 bits per heavy atom. The molecule has 1 saturated heterocycles. The lowest BCUT2D eigenvalue weighted by atomic mass is 9.97. The Hall–Kier alpha value is -2.86. The minimum absolute atomic E-state index is 0.0559. The number of rotatable bonds is 3. The first-order valence-corrected chi connectivity index (χ1v) is 10.3. The molecule has 142 valence electrons. The number of aromatic nitrogens is 1. The van der Waals surface area contributed by atoms with E-state index in [9.17, 15) is 4.79 Å². The number of amides is 1. The maximum Gasteiger partial charge on any atom is 0.246 e. The summed E-state index contributed by atoms with van der Waals surface area (Å²) in [5, 5.41) is 1.20. The topological polar surface area (TPSA) is 51.7 Å². The van der Waals surface area contributed by atoms with Crippen LogP contribution in [-0.4, -0.2) is 35.7 Å². The minimum Gasteiger partial charge on any atom is -0.454 e. The van der Waals surface area contributed by atoms with Gasteiger partial charge in [-0.25, -0.2) is 4.98 Å². The maximum atomic E-state index is 12.6. The molecule has 0 spiro atoms. The Kier molecular flexibility index (Phi) is 4.49. The second-order valence-electron chi connectivity index (χ2n) is 7.07. The summed E-state index contributed by atoms with van der Waals surface area (Å²) in [6.45, 7) is 1.79. The van der Waals surface area contributed by atoms with E-state index in [0.29, 0.717) is 5.92 Å². The average molecular weight is 392 g/mol. The maximum absolute atomic E-state index is 12.6. The van der Waals surface area contributed by atoms with E-state index in [4.69, 9.17) is 14.5 Å². The number of fused-ring (bicyclic) bond motifs is 2. The largest absolute Gasteiger partial charge is 0.454 e. The highest BCUT2D eigenvalue weighted by molar-refractivity contribution is 7.18. The van der Waals surface area contributed by atoms with Crippen molar-refractivity contribution in [1.82, 2.24) is 9.88 Å². The molecule has 2 aromatic carbocycles. The van der Waals surface area contributed by atoms with Crippen LogP contribution >= 0.6 is 11.3 Å². The minimum atomic E-state index is 0.0559. The fraction of sp³-hybridized carbons (Fsp3) is 0.273. The zero-order valence-electron chi connectivity index (χ0n) is 15.3. The molecular weight excluding hydrogens is 372 g/mol. The Bertz CT molecular complexity index is 1020. The second kappa shape index (κ2) is 7.28. The highest BCUT2D eigenvalue weighted by Crippen LogP contribution is 2.34. The van der Waals surface area contributed by atoms with Crippen LogP contribution in [0.1, 0.15) is 29.3 Å². The summed E-state index contributed by atoms with van der Waals surface area (Å²) in [5.74, 6) is 1.98.